The maximum absolute atomic E-state index is 13.0. The van der Waals surface area contributed by atoms with E-state index in [-0.39, 0.29) is 17.9 Å². The molecule has 0 spiro atoms. The van der Waals surface area contributed by atoms with Crippen LogP contribution in [0.4, 0.5) is 10.5 Å². The number of methoxy groups -OCH3 is 1. The lowest BCUT2D eigenvalue weighted by Crippen LogP contribution is -2.54. The number of anilines is 1. The molecule has 3 rings (SSSR count). The van der Waals surface area contributed by atoms with Gasteiger partial charge < -0.3 is 9.47 Å². The number of nitrogens with zero attached hydrogens (tertiary/aromatic N) is 2. The molecular formula is C23H18ClN3O5. The van der Waals surface area contributed by atoms with E-state index in [2.05, 4.69) is 11.9 Å². The highest BCUT2D eigenvalue weighted by Crippen LogP contribution is 2.35. The molecule has 1 aliphatic heterocycles. The summed E-state index contributed by atoms with van der Waals surface area (Å²) in [7, 11) is 1.43. The van der Waals surface area contributed by atoms with Crippen LogP contribution in [0.1, 0.15) is 11.1 Å². The van der Waals surface area contributed by atoms with Crippen LogP contribution in [-0.4, -0.2) is 31.6 Å². The molecule has 9 heteroatoms. The van der Waals surface area contributed by atoms with Crippen molar-refractivity contribution in [1.82, 2.24) is 5.32 Å². The first-order valence-corrected chi connectivity index (χ1v) is 9.76. The van der Waals surface area contributed by atoms with Crippen LogP contribution in [0.5, 0.6) is 11.5 Å². The average molecular weight is 452 g/mol. The van der Waals surface area contributed by atoms with Gasteiger partial charge in [0.2, 0.25) is 0 Å². The average Bonchev–Trinajstić information content (AvgIpc) is 2.77. The number of hydrogen-bond acceptors (Lipinski definition) is 6. The highest BCUT2D eigenvalue weighted by molar-refractivity contribution is 6.39. The molecule has 0 aliphatic carbocycles. The van der Waals surface area contributed by atoms with Crippen molar-refractivity contribution >= 4 is 41.2 Å². The zero-order valence-corrected chi connectivity index (χ0v) is 17.8. The number of carbonyl (C=O) groups excluding carboxylic acids is 3. The second-order valence-electron chi connectivity index (χ2n) is 6.59. The number of nitrogens with one attached hydrogen (secondary N) is 1. The maximum Gasteiger partial charge on any atom is 0.335 e. The van der Waals surface area contributed by atoms with E-state index in [0.717, 1.165) is 4.90 Å². The van der Waals surface area contributed by atoms with Crippen LogP contribution in [0.3, 0.4) is 0 Å². The van der Waals surface area contributed by atoms with Gasteiger partial charge in [0.15, 0.2) is 18.1 Å². The van der Waals surface area contributed by atoms with Gasteiger partial charge in [-0.2, -0.15) is 5.26 Å². The van der Waals surface area contributed by atoms with Gasteiger partial charge in [0.1, 0.15) is 11.6 Å². The Kier molecular flexibility index (Phi) is 6.93. The van der Waals surface area contributed by atoms with Crippen molar-refractivity contribution < 1.29 is 23.9 Å². The summed E-state index contributed by atoms with van der Waals surface area (Å²) in [5.41, 5.74) is 1.14. The third-order valence-electron chi connectivity index (χ3n) is 4.52. The van der Waals surface area contributed by atoms with Gasteiger partial charge in [0.25, 0.3) is 11.8 Å². The number of ether oxygens (including phenoxy) is 2. The minimum Gasteiger partial charge on any atom is -0.493 e. The number of allylic oxidation sites excluding steroid dienone is 1. The van der Waals surface area contributed by atoms with E-state index in [0.29, 0.717) is 34.1 Å². The molecule has 1 saturated heterocycles. The van der Waals surface area contributed by atoms with Gasteiger partial charge in [-0.1, -0.05) is 17.7 Å². The number of halogens is 1. The second-order valence-corrected chi connectivity index (χ2v) is 7.02. The number of urea groups is 1. The molecule has 2 aromatic carbocycles. The standard InChI is InChI=1S/C23H18ClN3O5/c1-3-4-15-11-14(13-19(31-2)20(15)32-10-9-25)12-18-21(28)26-23(30)27(22(18)29)17-7-5-16(24)6-8-17/h3,5-8,11-13H,1,4,10H2,2H3,(H,26,28,30)/b18-12+. The maximum atomic E-state index is 13.0. The summed E-state index contributed by atoms with van der Waals surface area (Å²) in [6.07, 6.45) is 3.39. The molecular weight excluding hydrogens is 434 g/mol. The van der Waals surface area contributed by atoms with E-state index in [1.54, 1.807) is 18.2 Å². The van der Waals surface area contributed by atoms with Gasteiger partial charge in [-0.25, -0.2) is 9.69 Å². The van der Waals surface area contributed by atoms with Crippen molar-refractivity contribution in [2.45, 2.75) is 6.42 Å². The Balaban J connectivity index is 2.06. The van der Waals surface area contributed by atoms with Gasteiger partial charge in [0, 0.05) is 10.6 Å². The van der Waals surface area contributed by atoms with Crippen LogP contribution in [0, 0.1) is 11.3 Å². The molecule has 0 bridgehead atoms. The number of nitriles is 1. The molecule has 1 fully saturated rings. The lowest BCUT2D eigenvalue weighted by molar-refractivity contribution is -0.122. The number of hydrogen-bond donors (Lipinski definition) is 1. The van der Waals surface area contributed by atoms with Crippen molar-refractivity contribution in [2.24, 2.45) is 0 Å². The second kappa shape index (κ2) is 9.81. The molecule has 0 aromatic heterocycles. The fourth-order valence-corrected chi connectivity index (χ4v) is 3.27. The zero-order valence-electron chi connectivity index (χ0n) is 17.1. The summed E-state index contributed by atoms with van der Waals surface area (Å²) in [6.45, 7) is 3.53. The minimum atomic E-state index is -0.857. The van der Waals surface area contributed by atoms with E-state index in [9.17, 15) is 14.4 Å². The third kappa shape index (κ3) is 4.63. The highest BCUT2D eigenvalue weighted by Gasteiger charge is 2.36. The van der Waals surface area contributed by atoms with Crippen molar-refractivity contribution in [2.75, 3.05) is 18.6 Å². The van der Waals surface area contributed by atoms with E-state index in [1.807, 2.05) is 6.07 Å². The van der Waals surface area contributed by atoms with Gasteiger partial charge in [-0.15, -0.1) is 6.58 Å². The summed E-state index contributed by atoms with van der Waals surface area (Å²) >= 11 is 5.88. The van der Waals surface area contributed by atoms with E-state index in [4.69, 9.17) is 26.3 Å². The number of benzene rings is 2. The topological polar surface area (TPSA) is 109 Å². The van der Waals surface area contributed by atoms with Gasteiger partial charge in [-0.3, -0.25) is 14.9 Å². The largest absolute Gasteiger partial charge is 0.493 e. The normalized spacial score (nSPS) is 14.7. The monoisotopic (exact) mass is 451 g/mol. The van der Waals surface area contributed by atoms with Crippen LogP contribution in [-0.2, 0) is 16.0 Å². The van der Waals surface area contributed by atoms with Crippen molar-refractivity contribution in [3.05, 3.63) is 70.8 Å². The predicted molar refractivity (Wildman–Crippen MR) is 118 cm³/mol. The first-order chi connectivity index (χ1) is 15.4. The van der Waals surface area contributed by atoms with Crippen LogP contribution in [0.15, 0.2) is 54.6 Å². The Bertz CT molecular complexity index is 1170. The SMILES string of the molecule is C=CCc1cc(/C=C2\C(=O)NC(=O)N(c3ccc(Cl)cc3)C2=O)cc(OC)c1OCC#N. The molecule has 8 nitrogen and oxygen atoms in total. The fraction of sp³-hybridized carbons (Fsp3) is 0.130. The van der Waals surface area contributed by atoms with Crippen molar-refractivity contribution in [1.29, 1.82) is 5.26 Å². The summed E-state index contributed by atoms with van der Waals surface area (Å²) in [6, 6.07) is 10.4. The van der Waals surface area contributed by atoms with Crippen LogP contribution in [0.2, 0.25) is 5.02 Å². The lowest BCUT2D eigenvalue weighted by atomic mass is 10.0. The number of barbiturate groups is 1. The van der Waals surface area contributed by atoms with Crippen LogP contribution in [0.25, 0.3) is 6.08 Å². The molecule has 1 N–H and O–H groups in total. The number of rotatable bonds is 7. The fourth-order valence-electron chi connectivity index (χ4n) is 3.14. The van der Waals surface area contributed by atoms with E-state index < -0.39 is 17.8 Å². The van der Waals surface area contributed by atoms with Gasteiger partial charge >= 0.3 is 6.03 Å². The Labute approximate surface area is 189 Å². The third-order valence-corrected chi connectivity index (χ3v) is 4.77. The Hall–Kier alpha value is -4.09. The molecule has 1 heterocycles. The zero-order chi connectivity index (χ0) is 23.3. The molecule has 2 aromatic rings. The van der Waals surface area contributed by atoms with Crippen molar-refractivity contribution in [3.8, 4) is 17.6 Å². The Morgan fingerprint density at radius 2 is 1.94 bits per heavy atom. The van der Waals surface area contributed by atoms with E-state index in [1.165, 1.54) is 37.5 Å². The van der Waals surface area contributed by atoms with Crippen molar-refractivity contribution in [3.63, 3.8) is 0 Å². The van der Waals surface area contributed by atoms with Gasteiger partial charge in [0.05, 0.1) is 12.8 Å². The molecule has 0 saturated carbocycles. The quantitative estimate of drug-likeness (QED) is 0.391. The first kappa shape index (κ1) is 22.6. The lowest BCUT2D eigenvalue weighted by Gasteiger charge is -2.26. The van der Waals surface area contributed by atoms with Crippen LogP contribution >= 0.6 is 11.6 Å². The molecule has 162 valence electrons. The Morgan fingerprint density at radius 3 is 2.56 bits per heavy atom. The number of amides is 4. The number of carbonyl (C=O) groups is 3. The summed E-state index contributed by atoms with van der Waals surface area (Å²) in [5, 5.41) is 11.4. The summed E-state index contributed by atoms with van der Waals surface area (Å²) in [4.78, 5) is 38.7. The summed E-state index contributed by atoms with van der Waals surface area (Å²) in [5.74, 6) is -0.913. The Morgan fingerprint density at radius 1 is 1.22 bits per heavy atom. The van der Waals surface area contributed by atoms with Gasteiger partial charge in [-0.05, 0) is 54.5 Å². The molecule has 0 atom stereocenters. The molecule has 0 radical (unpaired) electrons. The summed E-state index contributed by atoms with van der Waals surface area (Å²) < 4.78 is 10.9. The van der Waals surface area contributed by atoms with Crippen LogP contribution < -0.4 is 19.7 Å². The molecule has 32 heavy (non-hydrogen) atoms. The molecule has 0 unspecified atom stereocenters. The predicted octanol–water partition coefficient (Wildman–Crippen LogP) is 3.65. The smallest absolute Gasteiger partial charge is 0.335 e. The minimum absolute atomic E-state index is 0.181. The highest BCUT2D eigenvalue weighted by atomic mass is 35.5. The number of imide groups is 2. The van der Waals surface area contributed by atoms with E-state index >= 15 is 0 Å². The molecule has 1 aliphatic rings. The molecule has 4 amide bonds. The first-order valence-electron chi connectivity index (χ1n) is 9.38.